The molecule has 1 saturated carbocycles. The molecular weight excluding hydrogens is 494 g/mol. The summed E-state index contributed by atoms with van der Waals surface area (Å²) in [6.45, 7) is 16.5. The number of anilines is 1. The van der Waals surface area contributed by atoms with Crippen molar-refractivity contribution in [3.63, 3.8) is 0 Å². The standard InChI is InChI=1S/C20H28ClN5O3.C3H4O.C2H6.C2H4/c1-24-9-13(10-24)26-5-4-25(11-17(26)20(22)29)19(28)8-23-16-6-14(12-2-3-12)15(21)7-18(16)27;1-2-3-4;2*1-2/h6-7,12-13,17,23,27H,2-5,8-11H2,1H3,(H2,22,29);2-3H,1H2;1-2H3;1-2H2. The summed E-state index contributed by atoms with van der Waals surface area (Å²) in [5, 5.41) is 13.8. The van der Waals surface area contributed by atoms with Gasteiger partial charge in [0.1, 0.15) is 18.1 Å². The summed E-state index contributed by atoms with van der Waals surface area (Å²) >= 11 is 6.22. The van der Waals surface area contributed by atoms with Crippen molar-refractivity contribution in [1.29, 1.82) is 0 Å². The van der Waals surface area contributed by atoms with Crippen molar-refractivity contribution >= 4 is 35.4 Å². The number of hydrogen-bond donors (Lipinski definition) is 3. The second-order valence-corrected chi connectivity index (χ2v) is 9.17. The number of benzene rings is 1. The number of halogens is 1. The number of carbonyl (C=O) groups is 3. The van der Waals surface area contributed by atoms with Crippen LogP contribution >= 0.6 is 11.6 Å². The maximum atomic E-state index is 12.7. The van der Waals surface area contributed by atoms with E-state index < -0.39 is 11.9 Å². The van der Waals surface area contributed by atoms with Crippen molar-refractivity contribution < 1.29 is 19.5 Å². The third-order valence-corrected chi connectivity index (χ3v) is 6.60. The highest BCUT2D eigenvalue weighted by Crippen LogP contribution is 2.45. The molecule has 4 rings (SSSR count). The van der Waals surface area contributed by atoms with Crippen LogP contribution in [0.2, 0.25) is 5.02 Å². The Morgan fingerprint density at radius 2 is 1.78 bits per heavy atom. The van der Waals surface area contributed by atoms with Crippen molar-refractivity contribution in [2.75, 3.05) is 51.6 Å². The van der Waals surface area contributed by atoms with Gasteiger partial charge in [-0.3, -0.25) is 19.3 Å². The molecule has 0 aromatic heterocycles. The molecule has 10 heteroatoms. The van der Waals surface area contributed by atoms with Gasteiger partial charge in [0, 0.05) is 49.9 Å². The van der Waals surface area contributed by atoms with Crippen LogP contribution in [0.4, 0.5) is 5.69 Å². The fraction of sp³-hybridized carbons (Fsp3) is 0.519. The summed E-state index contributed by atoms with van der Waals surface area (Å²) in [6, 6.07) is 3.22. The van der Waals surface area contributed by atoms with Crippen LogP contribution in [0, 0.1) is 0 Å². The van der Waals surface area contributed by atoms with Gasteiger partial charge < -0.3 is 26.0 Å². The number of nitrogens with one attached hydrogen (secondary N) is 1. The van der Waals surface area contributed by atoms with Gasteiger partial charge in [-0.2, -0.15) is 0 Å². The number of aldehydes is 1. The number of hydrogen-bond acceptors (Lipinski definition) is 7. The summed E-state index contributed by atoms with van der Waals surface area (Å²) in [7, 11) is 2.04. The van der Waals surface area contributed by atoms with E-state index in [2.05, 4.69) is 34.9 Å². The number of phenols is 1. The smallest absolute Gasteiger partial charge is 0.241 e. The van der Waals surface area contributed by atoms with Crippen molar-refractivity contribution in [2.45, 2.75) is 44.7 Å². The lowest BCUT2D eigenvalue weighted by Gasteiger charge is -2.49. The molecule has 1 unspecified atom stereocenters. The monoisotopic (exact) mass is 535 g/mol. The average Bonchev–Trinajstić information content (AvgIpc) is 3.74. The lowest BCUT2D eigenvalue weighted by molar-refractivity contribution is -0.138. The zero-order valence-electron chi connectivity index (χ0n) is 22.3. The van der Waals surface area contributed by atoms with E-state index >= 15 is 0 Å². The Morgan fingerprint density at radius 3 is 2.27 bits per heavy atom. The summed E-state index contributed by atoms with van der Waals surface area (Å²) in [4.78, 5) is 39.8. The number of allylic oxidation sites excluding steroid dienone is 1. The van der Waals surface area contributed by atoms with Gasteiger partial charge in [-0.15, -0.1) is 13.2 Å². The Balaban J connectivity index is 0.000000767. The first kappa shape index (κ1) is 32.1. The molecule has 2 saturated heterocycles. The van der Waals surface area contributed by atoms with E-state index in [0.29, 0.717) is 48.6 Å². The second kappa shape index (κ2) is 16.1. The van der Waals surface area contributed by atoms with E-state index in [1.54, 1.807) is 4.90 Å². The maximum absolute atomic E-state index is 12.7. The number of primary amides is 1. The molecular formula is C27H42ClN5O4. The minimum Gasteiger partial charge on any atom is -0.506 e. The van der Waals surface area contributed by atoms with Gasteiger partial charge in [0.25, 0.3) is 0 Å². The van der Waals surface area contributed by atoms with Gasteiger partial charge >= 0.3 is 0 Å². The second-order valence-electron chi connectivity index (χ2n) is 8.76. The van der Waals surface area contributed by atoms with Crippen molar-refractivity contribution in [1.82, 2.24) is 14.7 Å². The predicted molar refractivity (Wildman–Crippen MR) is 150 cm³/mol. The molecule has 1 atom stereocenters. The van der Waals surface area contributed by atoms with Crippen LogP contribution in [0.5, 0.6) is 5.75 Å². The summed E-state index contributed by atoms with van der Waals surface area (Å²) in [5.41, 5.74) is 7.14. The van der Waals surface area contributed by atoms with Crippen LogP contribution in [0.25, 0.3) is 0 Å². The molecule has 2 aliphatic heterocycles. The Labute approximate surface area is 225 Å². The normalized spacial score (nSPS) is 19.4. The van der Waals surface area contributed by atoms with Gasteiger partial charge in [-0.25, -0.2) is 0 Å². The average molecular weight is 536 g/mol. The molecule has 0 spiro atoms. The number of amides is 2. The fourth-order valence-electron chi connectivity index (χ4n) is 4.30. The minimum atomic E-state index is -0.461. The van der Waals surface area contributed by atoms with Crippen molar-refractivity contribution in [2.24, 2.45) is 5.73 Å². The SMILES string of the molecule is C=C.C=CC=O.CC.CN1CC(N2CCN(C(=O)CNc3cc(C4CC4)c(Cl)cc3O)CC2C(N)=O)C1. The maximum Gasteiger partial charge on any atom is 0.241 e. The van der Waals surface area contributed by atoms with Gasteiger partial charge in [0.2, 0.25) is 11.8 Å². The largest absolute Gasteiger partial charge is 0.506 e. The number of rotatable bonds is 7. The zero-order valence-corrected chi connectivity index (χ0v) is 23.0. The van der Waals surface area contributed by atoms with Crippen LogP contribution in [-0.2, 0) is 14.4 Å². The van der Waals surface area contributed by atoms with E-state index in [0.717, 1.165) is 31.5 Å². The van der Waals surface area contributed by atoms with Gasteiger partial charge in [0.05, 0.1) is 12.2 Å². The molecule has 1 aromatic rings. The predicted octanol–water partition coefficient (Wildman–Crippen LogP) is 2.85. The third kappa shape index (κ3) is 9.18. The molecule has 1 aliphatic carbocycles. The molecule has 3 fully saturated rings. The number of phenolic OH excluding ortho intramolecular Hbond substituents is 1. The Bertz CT molecular complexity index is 912. The number of nitrogens with two attached hydrogens (primary N) is 1. The number of likely N-dealkylation sites (tertiary alicyclic amines) is 1. The molecule has 0 radical (unpaired) electrons. The first-order valence-electron chi connectivity index (χ1n) is 12.6. The summed E-state index contributed by atoms with van der Waals surface area (Å²) < 4.78 is 0. The number of nitrogens with zero attached hydrogens (tertiary/aromatic N) is 3. The highest BCUT2D eigenvalue weighted by atomic mass is 35.5. The van der Waals surface area contributed by atoms with Gasteiger partial charge in [-0.05, 0) is 43.5 Å². The zero-order chi connectivity index (χ0) is 28.1. The highest BCUT2D eigenvalue weighted by molar-refractivity contribution is 6.31. The molecule has 2 heterocycles. The minimum absolute atomic E-state index is 0.0288. The third-order valence-electron chi connectivity index (χ3n) is 6.28. The first-order chi connectivity index (χ1) is 17.7. The Kier molecular flexibility index (Phi) is 14.0. The van der Waals surface area contributed by atoms with Gasteiger partial charge in [0.15, 0.2) is 0 Å². The topological polar surface area (TPSA) is 119 Å². The van der Waals surface area contributed by atoms with Crippen molar-refractivity contribution in [3.8, 4) is 5.75 Å². The first-order valence-corrected chi connectivity index (χ1v) is 13.0. The van der Waals surface area contributed by atoms with E-state index in [-0.39, 0.29) is 18.2 Å². The fourth-order valence-corrected chi connectivity index (χ4v) is 4.61. The summed E-state index contributed by atoms with van der Waals surface area (Å²) in [5.74, 6) is -0.0474. The van der Waals surface area contributed by atoms with E-state index in [1.807, 2.05) is 27.0 Å². The number of likely N-dealkylation sites (N-methyl/N-ethyl adjacent to an activating group) is 1. The Hall–Kier alpha value is -2.88. The molecule has 4 N–H and O–H groups in total. The number of piperazine rings is 1. The van der Waals surface area contributed by atoms with Crippen LogP contribution in [0.15, 0.2) is 37.9 Å². The molecule has 37 heavy (non-hydrogen) atoms. The lowest BCUT2D eigenvalue weighted by Crippen LogP contribution is -2.68. The summed E-state index contributed by atoms with van der Waals surface area (Å²) in [6.07, 6.45) is 4.02. The molecule has 2 amide bonds. The van der Waals surface area contributed by atoms with Crippen LogP contribution in [-0.4, -0.2) is 96.3 Å². The number of carbonyl (C=O) groups excluding carboxylic acids is 3. The molecule has 3 aliphatic rings. The van der Waals surface area contributed by atoms with Gasteiger partial charge in [-0.1, -0.05) is 32.0 Å². The quantitative estimate of drug-likeness (QED) is 0.212. The molecule has 206 valence electrons. The van der Waals surface area contributed by atoms with E-state index in [9.17, 15) is 14.7 Å². The van der Waals surface area contributed by atoms with Crippen LogP contribution in [0.1, 0.15) is 38.2 Å². The molecule has 9 nitrogen and oxygen atoms in total. The lowest BCUT2D eigenvalue weighted by atomic mass is 10.0. The van der Waals surface area contributed by atoms with Crippen molar-refractivity contribution in [3.05, 3.63) is 48.5 Å². The molecule has 1 aromatic carbocycles. The van der Waals surface area contributed by atoms with Crippen LogP contribution < -0.4 is 11.1 Å². The Morgan fingerprint density at radius 1 is 1.19 bits per heavy atom. The van der Waals surface area contributed by atoms with E-state index in [1.165, 1.54) is 12.1 Å². The highest BCUT2D eigenvalue weighted by Gasteiger charge is 2.40. The van der Waals surface area contributed by atoms with E-state index in [4.69, 9.17) is 22.1 Å². The van der Waals surface area contributed by atoms with Crippen LogP contribution in [0.3, 0.4) is 0 Å². The number of aromatic hydroxyl groups is 1. The molecule has 0 bridgehead atoms.